The highest BCUT2D eigenvalue weighted by Gasteiger charge is 2.78. The van der Waals surface area contributed by atoms with Crippen LogP contribution in [0, 0.1) is 25.7 Å². The van der Waals surface area contributed by atoms with Crippen molar-refractivity contribution in [3.8, 4) is 0 Å². The van der Waals surface area contributed by atoms with Gasteiger partial charge in [0.25, 0.3) is 5.91 Å². The van der Waals surface area contributed by atoms with Crippen LogP contribution in [0.15, 0.2) is 73.8 Å². The molecular weight excluding hydrogens is 554 g/mol. The number of aryl methyl sites for hydroxylation is 2. The molecule has 2 aromatic carbocycles. The second-order valence-corrected chi connectivity index (χ2v) is 12.7. The molecule has 6 atom stereocenters. The second kappa shape index (κ2) is 12.3. The van der Waals surface area contributed by atoms with Gasteiger partial charge in [-0.05, 0) is 62.8 Å². The number of nitrogens with zero attached hydrogens (tertiary/aromatic N) is 3. The summed E-state index contributed by atoms with van der Waals surface area (Å²) in [6, 6.07) is 14.1. The average molecular weight is 600 g/mol. The highest BCUT2D eigenvalue weighted by atomic mass is 16.5. The summed E-state index contributed by atoms with van der Waals surface area (Å²) < 4.78 is 6.88. The van der Waals surface area contributed by atoms with Crippen LogP contribution in [0.5, 0.6) is 0 Å². The first-order chi connectivity index (χ1) is 21.1. The quantitative estimate of drug-likeness (QED) is 0.361. The molecule has 234 valence electrons. The van der Waals surface area contributed by atoms with Gasteiger partial charge in [-0.25, -0.2) is 0 Å². The molecule has 0 radical (unpaired) electrons. The van der Waals surface area contributed by atoms with Crippen LogP contribution in [0.25, 0.3) is 0 Å². The Labute approximate surface area is 261 Å². The van der Waals surface area contributed by atoms with Crippen LogP contribution >= 0.6 is 0 Å². The lowest BCUT2D eigenvalue weighted by Gasteiger charge is -2.39. The van der Waals surface area contributed by atoms with E-state index < -0.39 is 35.1 Å². The number of hydrogen-bond donors (Lipinski definition) is 1. The van der Waals surface area contributed by atoms with E-state index in [0.717, 1.165) is 22.4 Å². The van der Waals surface area contributed by atoms with E-state index >= 15 is 0 Å². The van der Waals surface area contributed by atoms with Crippen LogP contribution in [-0.2, 0) is 25.7 Å². The standard InChI is InChI=1S/C36H45N3O5/c1-7-19-37(22-26-13-11-10-12-14-26)32(41)29-30-33(42)39(27(9-3)23-40)31(36(30)18-17-35(29,6)44-36)34(43)38(20-8-2)28-21-24(4)15-16-25(28)5/h7-8,10-16,21,27,29-31,40H,1-2,9,17-20,22-23H2,3-6H3/t27-,29+,30-,31?,35-,36?/m0/s1. The smallest absolute Gasteiger partial charge is 0.253 e. The van der Waals surface area contributed by atoms with Gasteiger partial charge in [0.05, 0.1) is 30.1 Å². The van der Waals surface area contributed by atoms with Crippen LogP contribution in [0.3, 0.4) is 0 Å². The molecule has 3 amide bonds. The highest BCUT2D eigenvalue weighted by Crippen LogP contribution is 2.64. The topological polar surface area (TPSA) is 90.4 Å². The van der Waals surface area contributed by atoms with E-state index in [2.05, 4.69) is 13.2 Å². The first-order valence-electron chi connectivity index (χ1n) is 15.6. The van der Waals surface area contributed by atoms with Crippen LogP contribution in [-0.4, -0.2) is 75.6 Å². The predicted octanol–water partition coefficient (Wildman–Crippen LogP) is 4.57. The minimum Gasteiger partial charge on any atom is -0.394 e. The number of aliphatic hydroxyl groups excluding tert-OH is 1. The summed E-state index contributed by atoms with van der Waals surface area (Å²) in [7, 11) is 0. The van der Waals surface area contributed by atoms with E-state index in [1.807, 2.05) is 76.2 Å². The van der Waals surface area contributed by atoms with E-state index in [9.17, 15) is 19.5 Å². The van der Waals surface area contributed by atoms with Crippen molar-refractivity contribution in [1.82, 2.24) is 9.80 Å². The SMILES string of the molecule is C=CCN(Cc1ccccc1)C(=O)[C@H]1[C@H]2C(=O)N([C@@H](CC)CO)C(C(=O)N(CC=C)c3cc(C)ccc3C)C23CC[C@]1(C)O3. The Hall–Kier alpha value is -3.75. The Balaban J connectivity index is 1.60. The molecule has 44 heavy (non-hydrogen) atoms. The number of amides is 3. The number of carbonyl (C=O) groups excluding carboxylic acids is 3. The molecule has 2 bridgehead atoms. The van der Waals surface area contributed by atoms with Crippen molar-refractivity contribution in [3.63, 3.8) is 0 Å². The summed E-state index contributed by atoms with van der Waals surface area (Å²) in [6.45, 7) is 16.1. The van der Waals surface area contributed by atoms with Gasteiger partial charge in [-0.3, -0.25) is 14.4 Å². The van der Waals surface area contributed by atoms with Gasteiger partial charge < -0.3 is 24.5 Å². The van der Waals surface area contributed by atoms with Crippen molar-refractivity contribution in [2.75, 3.05) is 24.6 Å². The lowest BCUT2D eigenvalue weighted by atomic mass is 9.66. The number of ether oxygens (including phenoxy) is 1. The van der Waals surface area contributed by atoms with E-state index in [1.54, 1.807) is 26.9 Å². The molecular formula is C36H45N3O5. The summed E-state index contributed by atoms with van der Waals surface area (Å²) in [6.07, 6.45) is 4.83. The fraction of sp³-hybridized carbons (Fsp3) is 0.472. The second-order valence-electron chi connectivity index (χ2n) is 12.7. The van der Waals surface area contributed by atoms with E-state index in [4.69, 9.17) is 4.74 Å². The molecule has 3 aliphatic heterocycles. The van der Waals surface area contributed by atoms with E-state index in [-0.39, 0.29) is 30.9 Å². The number of benzene rings is 2. The minimum atomic E-state index is -1.20. The molecule has 2 aromatic rings. The van der Waals surface area contributed by atoms with Crippen molar-refractivity contribution >= 4 is 23.4 Å². The van der Waals surface area contributed by atoms with Crippen molar-refractivity contribution in [1.29, 1.82) is 0 Å². The third kappa shape index (κ3) is 5.08. The molecule has 1 N–H and O–H groups in total. The number of likely N-dealkylation sites (tertiary alicyclic amines) is 1. The Kier molecular flexibility index (Phi) is 8.87. The van der Waals surface area contributed by atoms with Crippen molar-refractivity contribution in [3.05, 3.63) is 90.5 Å². The monoisotopic (exact) mass is 599 g/mol. The maximum atomic E-state index is 14.9. The van der Waals surface area contributed by atoms with Gasteiger partial charge >= 0.3 is 0 Å². The van der Waals surface area contributed by atoms with Crippen LogP contribution < -0.4 is 4.90 Å². The number of carbonyl (C=O) groups is 3. The third-order valence-corrected chi connectivity index (χ3v) is 9.90. The maximum absolute atomic E-state index is 14.9. The zero-order valence-electron chi connectivity index (χ0n) is 26.4. The summed E-state index contributed by atoms with van der Waals surface area (Å²) in [5.41, 5.74) is 1.52. The van der Waals surface area contributed by atoms with Crippen molar-refractivity contribution < 1.29 is 24.2 Å². The molecule has 3 fully saturated rings. The van der Waals surface area contributed by atoms with Gasteiger partial charge in [0, 0.05) is 25.3 Å². The molecule has 0 saturated carbocycles. The molecule has 3 saturated heterocycles. The molecule has 3 heterocycles. The lowest BCUT2D eigenvalue weighted by molar-refractivity contribution is -0.152. The Morgan fingerprint density at radius 1 is 1.09 bits per heavy atom. The fourth-order valence-corrected chi connectivity index (χ4v) is 7.81. The molecule has 0 aromatic heterocycles. The summed E-state index contributed by atoms with van der Waals surface area (Å²) in [5.74, 6) is -2.40. The summed E-state index contributed by atoms with van der Waals surface area (Å²) in [4.78, 5) is 49.0. The average Bonchev–Trinajstić information content (AvgIpc) is 3.58. The number of fused-ring (bicyclic) bond motifs is 1. The van der Waals surface area contributed by atoms with Gasteiger partial charge in [-0.2, -0.15) is 0 Å². The van der Waals surface area contributed by atoms with Gasteiger partial charge in [0.1, 0.15) is 11.6 Å². The number of aliphatic hydroxyl groups is 1. The summed E-state index contributed by atoms with van der Waals surface area (Å²) >= 11 is 0. The molecule has 8 heteroatoms. The zero-order chi connectivity index (χ0) is 31.8. The number of anilines is 1. The molecule has 2 unspecified atom stereocenters. The van der Waals surface area contributed by atoms with Gasteiger partial charge in [-0.1, -0.05) is 61.5 Å². The molecule has 3 aliphatic rings. The van der Waals surface area contributed by atoms with E-state index in [1.165, 1.54) is 0 Å². The molecule has 8 nitrogen and oxygen atoms in total. The van der Waals surface area contributed by atoms with Crippen molar-refractivity contribution in [2.24, 2.45) is 11.8 Å². The Morgan fingerprint density at radius 3 is 2.43 bits per heavy atom. The van der Waals surface area contributed by atoms with Gasteiger partial charge in [-0.15, -0.1) is 13.2 Å². The number of rotatable bonds is 12. The van der Waals surface area contributed by atoms with Gasteiger partial charge in [0.2, 0.25) is 11.8 Å². The van der Waals surface area contributed by atoms with E-state index in [0.29, 0.717) is 32.4 Å². The third-order valence-electron chi connectivity index (χ3n) is 9.90. The maximum Gasteiger partial charge on any atom is 0.253 e. The van der Waals surface area contributed by atoms with Crippen LogP contribution in [0.1, 0.15) is 49.8 Å². The predicted molar refractivity (Wildman–Crippen MR) is 171 cm³/mol. The zero-order valence-corrected chi connectivity index (χ0v) is 26.4. The van der Waals surface area contributed by atoms with Crippen molar-refractivity contribution in [2.45, 2.75) is 76.8 Å². The first kappa shape index (κ1) is 31.7. The largest absolute Gasteiger partial charge is 0.394 e. The van der Waals surface area contributed by atoms with Crippen LogP contribution in [0.2, 0.25) is 0 Å². The fourth-order valence-electron chi connectivity index (χ4n) is 7.81. The highest BCUT2D eigenvalue weighted by molar-refractivity contribution is 6.05. The lowest BCUT2D eigenvalue weighted by Crippen LogP contribution is -2.59. The van der Waals surface area contributed by atoms with Gasteiger partial charge in [0.15, 0.2) is 0 Å². The molecule has 1 spiro atoms. The number of hydrogen-bond acceptors (Lipinski definition) is 5. The minimum absolute atomic E-state index is 0.182. The Bertz CT molecular complexity index is 1440. The normalized spacial score (nSPS) is 27.6. The Morgan fingerprint density at radius 2 is 1.80 bits per heavy atom. The van der Waals surface area contributed by atoms with Crippen LogP contribution in [0.4, 0.5) is 5.69 Å². The molecule has 5 rings (SSSR count). The first-order valence-corrected chi connectivity index (χ1v) is 15.6. The summed E-state index contributed by atoms with van der Waals surface area (Å²) in [5, 5.41) is 10.5. The molecule has 0 aliphatic carbocycles.